The zero-order valence-electron chi connectivity index (χ0n) is 35.0. The van der Waals surface area contributed by atoms with E-state index >= 15 is 0 Å². The van der Waals surface area contributed by atoms with Crippen LogP contribution in [0.1, 0.15) is 206 Å². The molecule has 52 heavy (non-hydrogen) atoms. The van der Waals surface area contributed by atoms with Crippen molar-refractivity contribution >= 4 is 13.7 Å². The van der Waals surface area contributed by atoms with Crippen molar-refractivity contribution in [3.8, 4) is 0 Å². The molecule has 0 aromatic carbocycles. The molecule has 310 valence electrons. The van der Waals surface area contributed by atoms with E-state index in [1.807, 2.05) is 21.1 Å². The third kappa shape index (κ3) is 37.6. The van der Waals surface area contributed by atoms with Gasteiger partial charge in [-0.2, -0.15) is 0 Å². The number of rotatable bonds is 40. The highest BCUT2D eigenvalue weighted by atomic mass is 31.2. The van der Waals surface area contributed by atoms with Crippen LogP contribution in [0.3, 0.4) is 0 Å². The van der Waals surface area contributed by atoms with E-state index in [4.69, 9.17) is 9.05 Å². The fourth-order valence-electron chi connectivity index (χ4n) is 6.45. The number of quaternary nitrogens is 1. The zero-order valence-corrected chi connectivity index (χ0v) is 35.9. The van der Waals surface area contributed by atoms with Crippen LogP contribution in [0.5, 0.6) is 0 Å². The van der Waals surface area contributed by atoms with E-state index in [0.29, 0.717) is 23.9 Å². The number of aliphatic hydroxyl groups excluding tert-OH is 1. The fourth-order valence-corrected chi connectivity index (χ4v) is 7.17. The van der Waals surface area contributed by atoms with Crippen LogP contribution in [0.15, 0.2) is 12.2 Å². The average molecular weight is 759 g/mol. The number of carbonyl (C=O) groups is 1. The molecule has 0 aliphatic rings. The lowest BCUT2D eigenvalue weighted by Crippen LogP contribution is -2.46. The predicted octanol–water partition coefficient (Wildman–Crippen LogP) is 11.3. The number of aliphatic hydroxyl groups is 1. The molecule has 1 amide bonds. The Balaban J connectivity index is 4.38. The van der Waals surface area contributed by atoms with Gasteiger partial charge in [0.2, 0.25) is 5.91 Å². The Kier molecular flexibility index (Phi) is 35.4. The predicted molar refractivity (Wildman–Crippen MR) is 219 cm³/mol. The Morgan fingerprint density at radius 1 is 0.654 bits per heavy atom. The molecule has 0 aromatic rings. The molecule has 0 saturated heterocycles. The highest BCUT2D eigenvalue weighted by Crippen LogP contribution is 2.38. The standard InChI is InChI=1S/C43H87N2O6P/c1-6-8-10-12-14-16-18-20-22-23-25-27-29-31-33-35-37-43(47)44-41(40-51-52(48,49)50-39-38-45(3,4)5)42(46)36-34-32-30-28-26-24-21-19-17-15-13-11-9-7-2/h22-23,41-42,46H,6-21,24-40H2,1-5H3,(H-,44,47,48,49)/b23-22-. The minimum Gasteiger partial charge on any atom is -0.756 e. The lowest BCUT2D eigenvalue weighted by molar-refractivity contribution is -0.870. The lowest BCUT2D eigenvalue weighted by atomic mass is 10.0. The van der Waals surface area contributed by atoms with Gasteiger partial charge in [0.05, 0.1) is 39.9 Å². The first-order valence-corrected chi connectivity index (χ1v) is 23.5. The van der Waals surface area contributed by atoms with Gasteiger partial charge >= 0.3 is 0 Å². The molecule has 0 aliphatic carbocycles. The number of hydrogen-bond donors (Lipinski definition) is 2. The van der Waals surface area contributed by atoms with E-state index in [9.17, 15) is 19.4 Å². The minimum absolute atomic E-state index is 0.0123. The van der Waals surface area contributed by atoms with E-state index < -0.39 is 20.0 Å². The summed E-state index contributed by atoms with van der Waals surface area (Å²) in [6, 6.07) is -0.799. The molecule has 0 saturated carbocycles. The first-order valence-electron chi connectivity index (χ1n) is 22.0. The number of unbranched alkanes of at least 4 members (excludes halogenated alkanes) is 25. The van der Waals surface area contributed by atoms with Crippen molar-refractivity contribution in [3.63, 3.8) is 0 Å². The topological polar surface area (TPSA) is 108 Å². The Labute approximate surface area is 322 Å². The summed E-state index contributed by atoms with van der Waals surface area (Å²) in [6.07, 6.45) is 39.2. The summed E-state index contributed by atoms with van der Waals surface area (Å²) < 4.78 is 23.2. The quantitative estimate of drug-likeness (QED) is 0.0279. The molecule has 0 spiro atoms. The molecule has 0 rings (SSSR count). The van der Waals surface area contributed by atoms with E-state index in [0.717, 1.165) is 51.4 Å². The number of phosphoric ester groups is 1. The third-order valence-electron chi connectivity index (χ3n) is 10.0. The van der Waals surface area contributed by atoms with Gasteiger partial charge in [0.25, 0.3) is 7.82 Å². The zero-order chi connectivity index (χ0) is 38.6. The van der Waals surface area contributed by atoms with Gasteiger partial charge in [0, 0.05) is 6.42 Å². The van der Waals surface area contributed by atoms with Crippen molar-refractivity contribution in [2.45, 2.75) is 219 Å². The molecule has 2 N–H and O–H groups in total. The van der Waals surface area contributed by atoms with E-state index in [1.54, 1.807) is 0 Å². The maximum Gasteiger partial charge on any atom is 0.268 e. The van der Waals surface area contributed by atoms with Gasteiger partial charge in [-0.05, 0) is 38.5 Å². The van der Waals surface area contributed by atoms with Crippen molar-refractivity contribution in [1.29, 1.82) is 0 Å². The summed E-state index contributed by atoms with van der Waals surface area (Å²) in [6.45, 7) is 4.71. The SMILES string of the molecule is CCCCCCCCC/C=C\CCCCCCCC(=O)NC(COP(=O)([O-])OCC[N+](C)(C)C)C(O)CCCCCCCCCCCCCCCC. The molecule has 0 aromatic heterocycles. The number of nitrogens with zero attached hydrogens (tertiary/aromatic N) is 1. The van der Waals surface area contributed by atoms with Crippen molar-refractivity contribution in [2.24, 2.45) is 0 Å². The third-order valence-corrected chi connectivity index (χ3v) is 11.0. The van der Waals surface area contributed by atoms with Gasteiger partial charge < -0.3 is 28.8 Å². The molecule has 0 radical (unpaired) electrons. The Morgan fingerprint density at radius 3 is 1.50 bits per heavy atom. The first-order chi connectivity index (χ1) is 25.0. The molecule has 9 heteroatoms. The number of hydrogen-bond acceptors (Lipinski definition) is 6. The summed E-state index contributed by atoms with van der Waals surface area (Å²) in [7, 11) is 1.30. The second-order valence-electron chi connectivity index (χ2n) is 16.4. The Morgan fingerprint density at radius 2 is 1.06 bits per heavy atom. The van der Waals surface area contributed by atoms with Gasteiger partial charge in [-0.15, -0.1) is 0 Å². The molecule has 0 bridgehead atoms. The maximum absolute atomic E-state index is 12.8. The first kappa shape index (κ1) is 51.2. The summed E-state index contributed by atoms with van der Waals surface area (Å²) in [5.74, 6) is -0.173. The molecule has 3 unspecified atom stereocenters. The van der Waals surface area contributed by atoms with Gasteiger partial charge in [0.1, 0.15) is 13.2 Å². The van der Waals surface area contributed by atoms with Crippen LogP contribution in [0.4, 0.5) is 0 Å². The van der Waals surface area contributed by atoms with Gasteiger partial charge in [-0.25, -0.2) is 0 Å². The van der Waals surface area contributed by atoms with E-state index in [1.165, 1.54) is 128 Å². The second-order valence-corrected chi connectivity index (χ2v) is 17.8. The normalized spacial score (nSPS) is 14.5. The lowest BCUT2D eigenvalue weighted by Gasteiger charge is -2.30. The van der Waals surface area contributed by atoms with Gasteiger partial charge in [-0.3, -0.25) is 9.36 Å². The van der Waals surface area contributed by atoms with Crippen LogP contribution in [0.25, 0.3) is 0 Å². The van der Waals surface area contributed by atoms with E-state index in [2.05, 4.69) is 31.3 Å². The Bertz CT molecular complexity index is 865. The van der Waals surface area contributed by atoms with Crippen molar-refractivity contribution in [3.05, 3.63) is 12.2 Å². The van der Waals surface area contributed by atoms with Crippen LogP contribution < -0.4 is 10.2 Å². The highest BCUT2D eigenvalue weighted by molar-refractivity contribution is 7.45. The molecular weight excluding hydrogens is 671 g/mol. The van der Waals surface area contributed by atoms with Crippen LogP contribution >= 0.6 is 7.82 Å². The van der Waals surface area contributed by atoms with Crippen molar-refractivity contribution in [2.75, 3.05) is 40.9 Å². The number of carbonyl (C=O) groups excluding carboxylic acids is 1. The average Bonchev–Trinajstić information content (AvgIpc) is 3.09. The number of amides is 1. The number of likely N-dealkylation sites (N-methyl/N-ethyl adjacent to an activating group) is 1. The number of phosphoric acid groups is 1. The van der Waals surface area contributed by atoms with Gasteiger partial charge in [-0.1, -0.05) is 174 Å². The van der Waals surface area contributed by atoms with Crippen LogP contribution in [-0.2, 0) is 18.4 Å². The highest BCUT2D eigenvalue weighted by Gasteiger charge is 2.24. The van der Waals surface area contributed by atoms with Crippen LogP contribution in [-0.4, -0.2) is 68.5 Å². The summed E-state index contributed by atoms with van der Waals surface area (Å²) in [5.41, 5.74) is 0. The molecule has 0 heterocycles. The molecule has 3 atom stereocenters. The monoisotopic (exact) mass is 759 g/mol. The Hall–Kier alpha value is -0.760. The summed E-state index contributed by atoms with van der Waals surface area (Å²) in [4.78, 5) is 25.3. The number of nitrogens with one attached hydrogen (secondary N) is 1. The number of allylic oxidation sites excluding steroid dienone is 2. The minimum atomic E-state index is -4.56. The van der Waals surface area contributed by atoms with Crippen LogP contribution in [0.2, 0.25) is 0 Å². The second kappa shape index (κ2) is 35.9. The smallest absolute Gasteiger partial charge is 0.268 e. The van der Waals surface area contributed by atoms with E-state index in [-0.39, 0.29) is 19.1 Å². The molecular formula is C43H87N2O6P. The van der Waals surface area contributed by atoms with Crippen LogP contribution in [0, 0.1) is 0 Å². The molecule has 0 fully saturated rings. The summed E-state index contributed by atoms with van der Waals surface area (Å²) >= 11 is 0. The summed E-state index contributed by atoms with van der Waals surface area (Å²) in [5, 5.41) is 13.9. The largest absolute Gasteiger partial charge is 0.756 e. The molecule has 8 nitrogen and oxygen atoms in total. The molecule has 0 aliphatic heterocycles. The van der Waals surface area contributed by atoms with Crippen molar-refractivity contribution < 1.29 is 32.9 Å². The van der Waals surface area contributed by atoms with Gasteiger partial charge in [0.15, 0.2) is 0 Å². The maximum atomic E-state index is 12.8. The fraction of sp³-hybridized carbons (Fsp3) is 0.930. The van der Waals surface area contributed by atoms with Crippen molar-refractivity contribution in [1.82, 2.24) is 5.32 Å².